The van der Waals surface area contributed by atoms with Crippen LogP contribution in [0.15, 0.2) is 30.7 Å². The zero-order chi connectivity index (χ0) is 11.4. The van der Waals surface area contributed by atoms with Gasteiger partial charge in [-0.1, -0.05) is 5.21 Å². The highest BCUT2D eigenvalue weighted by atomic mass is 16.1. The first-order valence-electron chi connectivity index (χ1n) is 4.82. The van der Waals surface area contributed by atoms with Gasteiger partial charge in [0.05, 0.1) is 18.4 Å². The number of aromatic nitrogens is 4. The Labute approximate surface area is 92.3 Å². The summed E-state index contributed by atoms with van der Waals surface area (Å²) in [5.41, 5.74) is 1.60. The Hall–Kier alpha value is -2.24. The summed E-state index contributed by atoms with van der Waals surface area (Å²) < 4.78 is 1.64. The SMILES string of the molecule is CC(=O)NCc1cn(-c2ccncc2)nn1. The molecule has 16 heavy (non-hydrogen) atoms. The number of amides is 1. The molecule has 0 unspecified atom stereocenters. The maximum absolute atomic E-state index is 10.7. The van der Waals surface area contributed by atoms with Gasteiger partial charge in [-0.3, -0.25) is 9.78 Å². The lowest BCUT2D eigenvalue weighted by Crippen LogP contribution is -2.19. The molecule has 0 radical (unpaired) electrons. The zero-order valence-electron chi connectivity index (χ0n) is 8.79. The van der Waals surface area contributed by atoms with Gasteiger partial charge in [-0.05, 0) is 12.1 Å². The predicted molar refractivity (Wildman–Crippen MR) is 56.7 cm³/mol. The van der Waals surface area contributed by atoms with Crippen LogP contribution >= 0.6 is 0 Å². The molecule has 1 amide bonds. The molecular formula is C10H11N5O. The molecule has 0 saturated heterocycles. The maximum atomic E-state index is 10.7. The van der Waals surface area contributed by atoms with E-state index in [0.29, 0.717) is 12.2 Å². The van der Waals surface area contributed by atoms with Crippen LogP contribution in [0.1, 0.15) is 12.6 Å². The van der Waals surface area contributed by atoms with Gasteiger partial charge in [0.15, 0.2) is 0 Å². The van der Waals surface area contributed by atoms with Crippen LogP contribution in [0.2, 0.25) is 0 Å². The summed E-state index contributed by atoms with van der Waals surface area (Å²) in [6.07, 6.45) is 5.14. The summed E-state index contributed by atoms with van der Waals surface area (Å²) in [7, 11) is 0. The van der Waals surface area contributed by atoms with E-state index in [-0.39, 0.29) is 5.91 Å². The molecule has 2 aromatic rings. The lowest BCUT2D eigenvalue weighted by molar-refractivity contribution is -0.119. The summed E-state index contributed by atoms with van der Waals surface area (Å²) in [6.45, 7) is 1.85. The molecule has 1 N–H and O–H groups in total. The number of nitrogens with zero attached hydrogens (tertiary/aromatic N) is 4. The lowest BCUT2D eigenvalue weighted by atomic mass is 10.4. The first kappa shape index (κ1) is 10.3. The van der Waals surface area contributed by atoms with Crippen molar-refractivity contribution in [3.05, 3.63) is 36.4 Å². The van der Waals surface area contributed by atoms with E-state index in [1.54, 1.807) is 23.3 Å². The molecule has 2 aromatic heterocycles. The number of hydrogen-bond acceptors (Lipinski definition) is 4. The van der Waals surface area contributed by atoms with Gasteiger partial charge in [0, 0.05) is 19.3 Å². The zero-order valence-corrected chi connectivity index (χ0v) is 8.79. The van der Waals surface area contributed by atoms with Crippen LogP contribution in [-0.4, -0.2) is 25.9 Å². The minimum Gasteiger partial charge on any atom is -0.351 e. The van der Waals surface area contributed by atoms with Crippen molar-refractivity contribution in [2.75, 3.05) is 0 Å². The molecule has 0 atom stereocenters. The Kier molecular flexibility index (Phi) is 2.90. The lowest BCUT2D eigenvalue weighted by Gasteiger charge is -1.97. The minimum atomic E-state index is -0.0848. The van der Waals surface area contributed by atoms with Crippen LogP contribution < -0.4 is 5.32 Å². The van der Waals surface area contributed by atoms with Crippen LogP contribution in [0.25, 0.3) is 5.69 Å². The van der Waals surface area contributed by atoms with Gasteiger partial charge >= 0.3 is 0 Å². The molecule has 0 bridgehead atoms. The fourth-order valence-corrected chi connectivity index (χ4v) is 1.22. The largest absolute Gasteiger partial charge is 0.351 e. The topological polar surface area (TPSA) is 72.7 Å². The van der Waals surface area contributed by atoms with E-state index in [0.717, 1.165) is 5.69 Å². The molecule has 0 aliphatic rings. The average molecular weight is 217 g/mol. The monoisotopic (exact) mass is 217 g/mol. The van der Waals surface area contributed by atoms with E-state index in [9.17, 15) is 4.79 Å². The molecule has 0 aliphatic heterocycles. The second-order valence-electron chi connectivity index (χ2n) is 3.27. The fraction of sp³-hybridized carbons (Fsp3) is 0.200. The number of carbonyl (C=O) groups excluding carboxylic acids is 1. The van der Waals surface area contributed by atoms with Gasteiger partial charge in [0.2, 0.25) is 5.91 Å². The predicted octanol–water partition coefficient (Wildman–Crippen LogP) is 0.298. The summed E-state index contributed by atoms with van der Waals surface area (Å²) in [4.78, 5) is 14.6. The van der Waals surface area contributed by atoms with E-state index < -0.39 is 0 Å². The molecule has 0 aromatic carbocycles. The summed E-state index contributed by atoms with van der Waals surface area (Å²) >= 11 is 0. The molecule has 6 heteroatoms. The normalized spacial score (nSPS) is 10.1. The van der Waals surface area contributed by atoms with Crippen molar-refractivity contribution in [3.8, 4) is 5.69 Å². The van der Waals surface area contributed by atoms with Crippen molar-refractivity contribution in [2.24, 2.45) is 0 Å². The van der Waals surface area contributed by atoms with Gasteiger partial charge in [0.25, 0.3) is 0 Å². The van der Waals surface area contributed by atoms with Gasteiger partial charge < -0.3 is 5.32 Å². The van der Waals surface area contributed by atoms with E-state index in [1.165, 1.54) is 6.92 Å². The van der Waals surface area contributed by atoms with Gasteiger partial charge in [-0.25, -0.2) is 4.68 Å². The van der Waals surface area contributed by atoms with Crippen molar-refractivity contribution >= 4 is 5.91 Å². The van der Waals surface area contributed by atoms with Crippen LogP contribution in [0, 0.1) is 0 Å². The number of rotatable bonds is 3. The second kappa shape index (κ2) is 4.52. The second-order valence-corrected chi connectivity index (χ2v) is 3.27. The highest BCUT2D eigenvalue weighted by Gasteiger charge is 2.02. The Morgan fingerprint density at radius 2 is 2.19 bits per heavy atom. The Bertz CT molecular complexity index is 479. The van der Waals surface area contributed by atoms with Crippen molar-refractivity contribution in [2.45, 2.75) is 13.5 Å². The van der Waals surface area contributed by atoms with Crippen molar-refractivity contribution in [1.82, 2.24) is 25.3 Å². The highest BCUT2D eigenvalue weighted by molar-refractivity contribution is 5.72. The van der Waals surface area contributed by atoms with Crippen molar-refractivity contribution < 1.29 is 4.79 Å². The molecule has 0 saturated carbocycles. The van der Waals surface area contributed by atoms with Crippen LogP contribution in [0.4, 0.5) is 0 Å². The first-order chi connectivity index (χ1) is 7.75. The fourth-order valence-electron chi connectivity index (χ4n) is 1.22. The standard InChI is InChI=1S/C10H11N5O/c1-8(16)12-6-9-7-15(14-13-9)10-2-4-11-5-3-10/h2-5,7H,6H2,1H3,(H,12,16). The van der Waals surface area contributed by atoms with E-state index in [4.69, 9.17) is 0 Å². The Balaban J connectivity index is 2.11. The quantitative estimate of drug-likeness (QED) is 0.802. The Morgan fingerprint density at radius 1 is 1.44 bits per heavy atom. The van der Waals surface area contributed by atoms with Crippen molar-refractivity contribution in [1.29, 1.82) is 0 Å². The highest BCUT2D eigenvalue weighted by Crippen LogP contribution is 2.03. The third kappa shape index (κ3) is 2.41. The van der Waals surface area contributed by atoms with E-state index >= 15 is 0 Å². The minimum absolute atomic E-state index is 0.0848. The first-order valence-corrected chi connectivity index (χ1v) is 4.82. The van der Waals surface area contributed by atoms with Crippen molar-refractivity contribution in [3.63, 3.8) is 0 Å². The molecule has 0 aliphatic carbocycles. The average Bonchev–Trinajstić information content (AvgIpc) is 2.76. The van der Waals surface area contributed by atoms with Gasteiger partial charge in [-0.15, -0.1) is 5.10 Å². The maximum Gasteiger partial charge on any atom is 0.217 e. The van der Waals surface area contributed by atoms with E-state index in [2.05, 4.69) is 20.6 Å². The smallest absolute Gasteiger partial charge is 0.217 e. The number of hydrogen-bond donors (Lipinski definition) is 1. The molecule has 2 rings (SSSR count). The molecular weight excluding hydrogens is 206 g/mol. The number of pyridine rings is 1. The molecule has 0 spiro atoms. The van der Waals surface area contributed by atoms with Crippen LogP contribution in [0.3, 0.4) is 0 Å². The molecule has 82 valence electrons. The number of nitrogens with one attached hydrogen (secondary N) is 1. The van der Waals surface area contributed by atoms with Crippen LogP contribution in [0.5, 0.6) is 0 Å². The summed E-state index contributed by atoms with van der Waals surface area (Å²) in [5.74, 6) is -0.0848. The molecule has 0 fully saturated rings. The van der Waals surface area contributed by atoms with E-state index in [1.807, 2.05) is 12.1 Å². The van der Waals surface area contributed by atoms with Crippen LogP contribution in [-0.2, 0) is 11.3 Å². The van der Waals surface area contributed by atoms with Gasteiger partial charge in [0.1, 0.15) is 5.69 Å². The van der Waals surface area contributed by atoms with Gasteiger partial charge in [-0.2, -0.15) is 0 Å². The molecule has 2 heterocycles. The third-order valence-electron chi connectivity index (χ3n) is 1.99. The Morgan fingerprint density at radius 3 is 2.88 bits per heavy atom. The number of carbonyl (C=O) groups is 1. The third-order valence-corrected chi connectivity index (χ3v) is 1.99. The molecule has 6 nitrogen and oxygen atoms in total. The summed E-state index contributed by atoms with van der Waals surface area (Å²) in [6, 6.07) is 3.66. The summed E-state index contributed by atoms with van der Waals surface area (Å²) in [5, 5.41) is 10.6.